The van der Waals surface area contributed by atoms with Gasteiger partial charge in [-0.2, -0.15) is 4.31 Å². The fourth-order valence-corrected chi connectivity index (χ4v) is 5.60. The van der Waals surface area contributed by atoms with Gasteiger partial charge in [-0.1, -0.05) is 26.0 Å². The lowest BCUT2D eigenvalue weighted by atomic mass is 10.0. The molecule has 1 aliphatic heterocycles. The summed E-state index contributed by atoms with van der Waals surface area (Å²) in [5.41, 5.74) is 1.10. The summed E-state index contributed by atoms with van der Waals surface area (Å²) in [5, 5.41) is 2.71. The van der Waals surface area contributed by atoms with Gasteiger partial charge in [0.25, 0.3) is 5.91 Å². The summed E-state index contributed by atoms with van der Waals surface area (Å²) < 4.78 is 27.3. The maximum Gasteiger partial charge on any atom is 0.264 e. The molecule has 7 nitrogen and oxygen atoms in total. The largest absolute Gasteiger partial charge is 0.351 e. The van der Waals surface area contributed by atoms with Crippen molar-refractivity contribution in [3.8, 4) is 0 Å². The highest BCUT2D eigenvalue weighted by Crippen LogP contribution is 2.23. The Bertz CT molecular complexity index is 1010. The van der Waals surface area contributed by atoms with Crippen molar-refractivity contribution in [1.82, 2.24) is 14.5 Å². The van der Waals surface area contributed by atoms with E-state index in [0.717, 1.165) is 10.4 Å². The molecule has 0 bridgehead atoms. The van der Waals surface area contributed by atoms with E-state index in [9.17, 15) is 18.0 Å². The number of nitrogens with one attached hydrogen (secondary N) is 1. The van der Waals surface area contributed by atoms with Crippen LogP contribution in [0.3, 0.4) is 0 Å². The van der Waals surface area contributed by atoms with Crippen LogP contribution in [0, 0.1) is 0 Å². The number of sulfonamides is 1. The molecule has 3 rings (SSSR count). The Labute approximate surface area is 181 Å². The lowest BCUT2D eigenvalue weighted by Gasteiger charge is -2.33. The van der Waals surface area contributed by atoms with Gasteiger partial charge >= 0.3 is 0 Å². The Morgan fingerprint density at radius 3 is 2.23 bits per heavy atom. The van der Waals surface area contributed by atoms with Crippen molar-refractivity contribution in [3.05, 3.63) is 51.7 Å². The second-order valence-electron chi connectivity index (χ2n) is 7.60. The van der Waals surface area contributed by atoms with Crippen LogP contribution in [0.15, 0.2) is 41.3 Å². The van der Waals surface area contributed by atoms with Crippen LogP contribution in [0.5, 0.6) is 0 Å². The van der Waals surface area contributed by atoms with Crippen molar-refractivity contribution < 1.29 is 18.0 Å². The monoisotopic (exact) mass is 449 g/mol. The quantitative estimate of drug-likeness (QED) is 0.735. The Morgan fingerprint density at radius 2 is 1.67 bits per heavy atom. The van der Waals surface area contributed by atoms with Crippen molar-refractivity contribution >= 4 is 33.2 Å². The van der Waals surface area contributed by atoms with Gasteiger partial charge in [-0.25, -0.2) is 8.42 Å². The highest BCUT2D eigenvalue weighted by molar-refractivity contribution is 7.89. The number of piperazine rings is 1. The van der Waals surface area contributed by atoms with Crippen LogP contribution in [0.25, 0.3) is 0 Å². The summed E-state index contributed by atoms with van der Waals surface area (Å²) >= 11 is 1.35. The molecule has 1 saturated heterocycles. The molecule has 1 aromatic heterocycles. The van der Waals surface area contributed by atoms with Gasteiger partial charge in [-0.3, -0.25) is 9.59 Å². The van der Waals surface area contributed by atoms with Crippen LogP contribution >= 0.6 is 11.3 Å². The highest BCUT2D eigenvalue weighted by Gasteiger charge is 2.30. The van der Waals surface area contributed by atoms with Crippen molar-refractivity contribution in [2.24, 2.45) is 0 Å². The highest BCUT2D eigenvalue weighted by atomic mass is 32.2. The molecule has 1 N–H and O–H groups in total. The first-order chi connectivity index (χ1) is 14.2. The topological polar surface area (TPSA) is 86.8 Å². The van der Waals surface area contributed by atoms with Gasteiger partial charge in [0, 0.05) is 38.0 Å². The SMILES string of the molecule is CC(=O)NCc1ccc(C(=O)N2CCN(S(=O)(=O)c3ccc(C(C)C)cc3)CC2)s1. The maximum absolute atomic E-state index is 12.9. The molecule has 1 aromatic carbocycles. The predicted octanol–water partition coefficient (Wildman–Crippen LogP) is 2.65. The van der Waals surface area contributed by atoms with Gasteiger partial charge in [-0.05, 0) is 35.7 Å². The molecular formula is C21H27N3O4S2. The van der Waals surface area contributed by atoms with Gasteiger partial charge in [0.15, 0.2) is 0 Å². The van der Waals surface area contributed by atoms with E-state index in [1.165, 1.54) is 22.6 Å². The van der Waals surface area contributed by atoms with Gasteiger partial charge < -0.3 is 10.2 Å². The summed E-state index contributed by atoms with van der Waals surface area (Å²) in [4.78, 5) is 27.3. The Balaban J connectivity index is 1.61. The zero-order chi connectivity index (χ0) is 21.9. The second kappa shape index (κ2) is 9.28. The number of carbonyl (C=O) groups excluding carboxylic acids is 2. The first-order valence-corrected chi connectivity index (χ1v) is 12.2. The van der Waals surface area contributed by atoms with Crippen molar-refractivity contribution in [3.63, 3.8) is 0 Å². The molecule has 0 atom stereocenters. The molecule has 0 spiro atoms. The van der Waals surface area contributed by atoms with Crippen LogP contribution in [0.4, 0.5) is 0 Å². The summed E-state index contributed by atoms with van der Waals surface area (Å²) in [6.07, 6.45) is 0. The average molecular weight is 450 g/mol. The third-order valence-electron chi connectivity index (χ3n) is 5.09. The third kappa shape index (κ3) is 5.08. The molecule has 1 aliphatic rings. The fraction of sp³-hybridized carbons (Fsp3) is 0.429. The first kappa shape index (κ1) is 22.5. The number of benzene rings is 1. The maximum atomic E-state index is 12.9. The molecule has 0 radical (unpaired) electrons. The lowest BCUT2D eigenvalue weighted by Crippen LogP contribution is -2.50. The van der Waals surface area contributed by atoms with Gasteiger partial charge in [-0.15, -0.1) is 11.3 Å². The van der Waals surface area contributed by atoms with E-state index < -0.39 is 10.0 Å². The smallest absolute Gasteiger partial charge is 0.264 e. The molecule has 9 heteroatoms. The number of amides is 2. The molecule has 0 unspecified atom stereocenters. The first-order valence-electron chi connectivity index (χ1n) is 9.91. The van der Waals surface area contributed by atoms with Crippen LogP contribution in [-0.4, -0.2) is 55.6 Å². The lowest BCUT2D eigenvalue weighted by molar-refractivity contribution is -0.119. The van der Waals surface area contributed by atoms with Gasteiger partial charge in [0.1, 0.15) is 0 Å². The summed E-state index contributed by atoms with van der Waals surface area (Å²) in [6, 6.07) is 10.6. The summed E-state index contributed by atoms with van der Waals surface area (Å²) in [5.74, 6) is 0.118. The van der Waals surface area contributed by atoms with Crippen LogP contribution in [-0.2, 0) is 21.4 Å². The molecule has 162 valence electrons. The molecule has 2 heterocycles. The zero-order valence-electron chi connectivity index (χ0n) is 17.4. The Morgan fingerprint density at radius 1 is 1.03 bits per heavy atom. The van der Waals surface area contributed by atoms with E-state index >= 15 is 0 Å². The van der Waals surface area contributed by atoms with Crippen LogP contribution in [0.1, 0.15) is 46.8 Å². The number of hydrogen-bond donors (Lipinski definition) is 1. The minimum atomic E-state index is -3.57. The van der Waals surface area contributed by atoms with Crippen molar-refractivity contribution in [1.29, 1.82) is 0 Å². The van der Waals surface area contributed by atoms with E-state index in [4.69, 9.17) is 0 Å². The third-order valence-corrected chi connectivity index (χ3v) is 8.08. The van der Waals surface area contributed by atoms with Gasteiger partial charge in [0.2, 0.25) is 15.9 Å². The number of carbonyl (C=O) groups is 2. The minimum absolute atomic E-state index is 0.104. The summed E-state index contributed by atoms with van der Waals surface area (Å²) in [7, 11) is -3.57. The van der Waals surface area contributed by atoms with E-state index in [-0.39, 0.29) is 29.8 Å². The van der Waals surface area contributed by atoms with Crippen molar-refractivity contribution in [2.45, 2.75) is 38.1 Å². The fourth-order valence-electron chi connectivity index (χ4n) is 3.26. The standard InChI is InChI=1S/C21H27N3O4S2/c1-15(2)17-4-7-19(8-5-17)30(27,28)24-12-10-23(11-13-24)21(26)20-9-6-18(29-20)14-22-16(3)25/h4-9,15H,10-14H2,1-3H3,(H,22,25). The summed E-state index contributed by atoms with van der Waals surface area (Å²) in [6.45, 7) is 7.21. The van der Waals surface area contributed by atoms with Gasteiger partial charge in [0.05, 0.1) is 16.3 Å². The van der Waals surface area contributed by atoms with Crippen LogP contribution < -0.4 is 5.32 Å². The normalized spacial score (nSPS) is 15.4. The van der Waals surface area contributed by atoms with Crippen molar-refractivity contribution in [2.75, 3.05) is 26.2 Å². The number of nitrogens with zero attached hydrogens (tertiary/aromatic N) is 2. The Kier molecular flexibility index (Phi) is 6.95. The van der Waals surface area contributed by atoms with E-state index in [1.807, 2.05) is 18.2 Å². The number of rotatable bonds is 6. The number of thiophene rings is 1. The molecule has 0 aliphatic carbocycles. The second-order valence-corrected chi connectivity index (χ2v) is 10.7. The molecule has 1 fully saturated rings. The predicted molar refractivity (Wildman–Crippen MR) is 117 cm³/mol. The minimum Gasteiger partial charge on any atom is -0.351 e. The molecule has 2 amide bonds. The molecule has 0 saturated carbocycles. The average Bonchev–Trinajstić information content (AvgIpc) is 3.21. The van der Waals surface area contributed by atoms with Crippen LogP contribution in [0.2, 0.25) is 0 Å². The molecular weight excluding hydrogens is 422 g/mol. The van der Waals surface area contributed by atoms with E-state index in [1.54, 1.807) is 23.1 Å². The van der Waals surface area contributed by atoms with E-state index in [0.29, 0.717) is 30.4 Å². The molecule has 2 aromatic rings. The molecule has 30 heavy (non-hydrogen) atoms. The Hall–Kier alpha value is -2.23. The zero-order valence-corrected chi connectivity index (χ0v) is 19.1. The van der Waals surface area contributed by atoms with E-state index in [2.05, 4.69) is 19.2 Å². The number of hydrogen-bond acceptors (Lipinski definition) is 5.